The van der Waals surface area contributed by atoms with Gasteiger partial charge in [0.05, 0.1) is 0 Å². The third-order valence-corrected chi connectivity index (χ3v) is 3.74. The number of rotatable bonds is 6. The minimum atomic E-state index is -0.281. The first kappa shape index (κ1) is 14.5. The molecule has 1 aromatic carbocycles. The van der Waals surface area contributed by atoms with Crippen LogP contribution in [0.5, 0.6) is 0 Å². The van der Waals surface area contributed by atoms with Gasteiger partial charge in [-0.05, 0) is 37.1 Å². The van der Waals surface area contributed by atoms with Crippen molar-refractivity contribution in [3.05, 3.63) is 34.6 Å². The summed E-state index contributed by atoms with van der Waals surface area (Å²) in [7, 11) is 1.92. The summed E-state index contributed by atoms with van der Waals surface area (Å²) in [5.74, 6) is 0.393. The van der Waals surface area contributed by atoms with Crippen LogP contribution in [-0.4, -0.2) is 7.05 Å². The molecule has 0 radical (unpaired) electrons. The van der Waals surface area contributed by atoms with Gasteiger partial charge in [0.1, 0.15) is 5.82 Å². The molecule has 1 atom stereocenters. The SMILES string of the molecule is CCC(CC)CC(NC)c1ccc(F)cc1Cl. The van der Waals surface area contributed by atoms with Gasteiger partial charge in [-0.3, -0.25) is 0 Å². The molecule has 96 valence electrons. The molecule has 0 aromatic heterocycles. The van der Waals surface area contributed by atoms with Crippen LogP contribution < -0.4 is 5.32 Å². The van der Waals surface area contributed by atoms with E-state index >= 15 is 0 Å². The van der Waals surface area contributed by atoms with Crippen molar-refractivity contribution in [2.45, 2.75) is 39.2 Å². The molecule has 1 nitrogen and oxygen atoms in total. The molecule has 0 spiro atoms. The quantitative estimate of drug-likeness (QED) is 0.787. The van der Waals surface area contributed by atoms with Gasteiger partial charge in [-0.1, -0.05) is 44.4 Å². The van der Waals surface area contributed by atoms with Crippen LogP contribution in [-0.2, 0) is 0 Å². The number of hydrogen-bond donors (Lipinski definition) is 1. The van der Waals surface area contributed by atoms with Crippen molar-refractivity contribution < 1.29 is 4.39 Å². The average Bonchev–Trinajstić information content (AvgIpc) is 2.32. The standard InChI is InChI=1S/C14H21ClFN/c1-4-10(5-2)8-14(17-3)12-7-6-11(16)9-13(12)15/h6-7,9-10,14,17H,4-5,8H2,1-3H3. The predicted molar refractivity (Wildman–Crippen MR) is 71.9 cm³/mol. The molecule has 0 saturated carbocycles. The topological polar surface area (TPSA) is 12.0 Å². The normalized spacial score (nSPS) is 13.1. The van der Waals surface area contributed by atoms with Gasteiger partial charge >= 0.3 is 0 Å². The zero-order chi connectivity index (χ0) is 12.8. The summed E-state index contributed by atoms with van der Waals surface area (Å²) in [5, 5.41) is 3.78. The van der Waals surface area contributed by atoms with Crippen LogP contribution in [0.15, 0.2) is 18.2 Å². The van der Waals surface area contributed by atoms with Crippen LogP contribution in [0.2, 0.25) is 5.02 Å². The molecule has 0 aliphatic heterocycles. The maximum atomic E-state index is 13.0. The Morgan fingerprint density at radius 2 is 1.94 bits per heavy atom. The van der Waals surface area contributed by atoms with E-state index in [1.54, 1.807) is 6.07 Å². The van der Waals surface area contributed by atoms with Crippen LogP contribution in [0, 0.1) is 11.7 Å². The molecular formula is C14H21ClFN. The van der Waals surface area contributed by atoms with Crippen LogP contribution in [0.25, 0.3) is 0 Å². The Balaban J connectivity index is 2.85. The summed E-state index contributed by atoms with van der Waals surface area (Å²) in [6.45, 7) is 4.40. The second-order valence-electron chi connectivity index (χ2n) is 4.43. The molecule has 0 bridgehead atoms. The van der Waals surface area contributed by atoms with E-state index in [1.807, 2.05) is 7.05 Å². The fourth-order valence-electron chi connectivity index (χ4n) is 2.14. The molecule has 17 heavy (non-hydrogen) atoms. The van der Waals surface area contributed by atoms with Crippen molar-refractivity contribution >= 4 is 11.6 Å². The van der Waals surface area contributed by atoms with Crippen LogP contribution in [0.3, 0.4) is 0 Å². The van der Waals surface area contributed by atoms with Gasteiger partial charge in [-0.25, -0.2) is 4.39 Å². The highest BCUT2D eigenvalue weighted by Gasteiger charge is 2.17. The first-order valence-electron chi connectivity index (χ1n) is 6.24. The molecule has 0 heterocycles. The number of halogens is 2. The Hall–Kier alpha value is -0.600. The van der Waals surface area contributed by atoms with Crippen molar-refractivity contribution in [3.8, 4) is 0 Å². The smallest absolute Gasteiger partial charge is 0.124 e. The van der Waals surface area contributed by atoms with Crippen molar-refractivity contribution in [1.82, 2.24) is 5.32 Å². The van der Waals surface area contributed by atoms with Crippen molar-refractivity contribution in [2.24, 2.45) is 5.92 Å². The first-order valence-corrected chi connectivity index (χ1v) is 6.62. The van der Waals surface area contributed by atoms with E-state index in [1.165, 1.54) is 12.1 Å². The molecule has 0 aliphatic rings. The summed E-state index contributed by atoms with van der Waals surface area (Å²) in [4.78, 5) is 0. The Morgan fingerprint density at radius 3 is 2.41 bits per heavy atom. The van der Waals surface area contributed by atoms with E-state index in [-0.39, 0.29) is 11.9 Å². The fraction of sp³-hybridized carbons (Fsp3) is 0.571. The lowest BCUT2D eigenvalue weighted by atomic mass is 9.91. The van der Waals surface area contributed by atoms with Crippen LogP contribution in [0.1, 0.15) is 44.7 Å². The highest BCUT2D eigenvalue weighted by molar-refractivity contribution is 6.31. The van der Waals surface area contributed by atoms with Crippen LogP contribution in [0.4, 0.5) is 4.39 Å². The summed E-state index contributed by atoms with van der Waals surface area (Å²) in [5.41, 5.74) is 0.988. The van der Waals surface area contributed by atoms with Gasteiger partial charge in [-0.2, -0.15) is 0 Å². The predicted octanol–water partition coefficient (Wildman–Crippen LogP) is 4.57. The minimum Gasteiger partial charge on any atom is -0.313 e. The number of hydrogen-bond acceptors (Lipinski definition) is 1. The van der Waals surface area contributed by atoms with E-state index in [0.717, 1.165) is 24.8 Å². The molecule has 1 rings (SSSR count). The van der Waals surface area contributed by atoms with Crippen molar-refractivity contribution in [1.29, 1.82) is 0 Å². The van der Waals surface area contributed by atoms with E-state index in [0.29, 0.717) is 10.9 Å². The van der Waals surface area contributed by atoms with E-state index < -0.39 is 0 Å². The first-order chi connectivity index (χ1) is 8.12. The minimum absolute atomic E-state index is 0.202. The Morgan fingerprint density at radius 1 is 1.29 bits per heavy atom. The zero-order valence-electron chi connectivity index (χ0n) is 10.8. The highest BCUT2D eigenvalue weighted by atomic mass is 35.5. The van der Waals surface area contributed by atoms with Gasteiger partial charge in [0.15, 0.2) is 0 Å². The summed E-state index contributed by atoms with van der Waals surface area (Å²) in [6.07, 6.45) is 3.36. The van der Waals surface area contributed by atoms with Gasteiger partial charge in [-0.15, -0.1) is 0 Å². The third-order valence-electron chi connectivity index (χ3n) is 3.41. The molecule has 1 unspecified atom stereocenters. The molecule has 3 heteroatoms. The Labute approximate surface area is 108 Å². The van der Waals surface area contributed by atoms with Gasteiger partial charge in [0.25, 0.3) is 0 Å². The largest absolute Gasteiger partial charge is 0.313 e. The zero-order valence-corrected chi connectivity index (χ0v) is 11.5. The second-order valence-corrected chi connectivity index (χ2v) is 4.83. The molecule has 1 aromatic rings. The maximum absolute atomic E-state index is 13.0. The number of benzene rings is 1. The van der Waals surface area contributed by atoms with Crippen LogP contribution >= 0.6 is 11.6 Å². The van der Waals surface area contributed by atoms with Gasteiger partial charge < -0.3 is 5.32 Å². The molecule has 0 aliphatic carbocycles. The molecule has 1 N–H and O–H groups in total. The molecular weight excluding hydrogens is 237 g/mol. The van der Waals surface area contributed by atoms with E-state index in [2.05, 4.69) is 19.2 Å². The fourth-order valence-corrected chi connectivity index (χ4v) is 2.44. The molecule has 0 amide bonds. The third kappa shape index (κ3) is 3.97. The van der Waals surface area contributed by atoms with Gasteiger partial charge in [0, 0.05) is 11.1 Å². The van der Waals surface area contributed by atoms with E-state index in [4.69, 9.17) is 11.6 Å². The maximum Gasteiger partial charge on any atom is 0.124 e. The average molecular weight is 258 g/mol. The lowest BCUT2D eigenvalue weighted by Crippen LogP contribution is -2.20. The Kier molecular flexibility index (Phi) is 5.93. The van der Waals surface area contributed by atoms with E-state index in [9.17, 15) is 4.39 Å². The summed E-state index contributed by atoms with van der Waals surface area (Å²) < 4.78 is 13.0. The lowest BCUT2D eigenvalue weighted by molar-refractivity contribution is 0.385. The lowest BCUT2D eigenvalue weighted by Gasteiger charge is -2.22. The summed E-state index contributed by atoms with van der Waals surface area (Å²) in [6, 6.07) is 4.83. The van der Waals surface area contributed by atoms with Gasteiger partial charge in [0.2, 0.25) is 0 Å². The molecule has 0 saturated heterocycles. The van der Waals surface area contributed by atoms with Crippen molar-refractivity contribution in [3.63, 3.8) is 0 Å². The Bertz CT molecular complexity index is 350. The van der Waals surface area contributed by atoms with Crippen molar-refractivity contribution in [2.75, 3.05) is 7.05 Å². The second kappa shape index (κ2) is 6.97. The number of nitrogens with one attached hydrogen (secondary N) is 1. The summed E-state index contributed by atoms with van der Waals surface area (Å²) >= 11 is 6.09. The molecule has 0 fully saturated rings. The monoisotopic (exact) mass is 257 g/mol. The highest BCUT2D eigenvalue weighted by Crippen LogP contribution is 2.30.